The molecular formula is C14H18BrNO. The summed E-state index contributed by atoms with van der Waals surface area (Å²) in [4.78, 5) is 14.4. The topological polar surface area (TPSA) is 20.3 Å². The Morgan fingerprint density at radius 3 is 2.65 bits per heavy atom. The number of carbonyl (C=O) groups is 1. The van der Waals surface area contributed by atoms with Gasteiger partial charge in [0.05, 0.1) is 0 Å². The van der Waals surface area contributed by atoms with Gasteiger partial charge in [0.1, 0.15) is 0 Å². The summed E-state index contributed by atoms with van der Waals surface area (Å²) >= 11 is 3.48. The van der Waals surface area contributed by atoms with E-state index in [2.05, 4.69) is 29.8 Å². The van der Waals surface area contributed by atoms with E-state index in [1.807, 2.05) is 30.0 Å². The Hall–Kier alpha value is -0.830. The summed E-state index contributed by atoms with van der Waals surface area (Å²) in [5, 5.41) is 0. The molecule has 1 aliphatic heterocycles. The zero-order valence-corrected chi connectivity index (χ0v) is 12.2. The van der Waals surface area contributed by atoms with Crippen LogP contribution in [0.15, 0.2) is 22.7 Å². The summed E-state index contributed by atoms with van der Waals surface area (Å²) in [6, 6.07) is 5.82. The van der Waals surface area contributed by atoms with Crippen LogP contribution in [0.1, 0.15) is 42.6 Å². The van der Waals surface area contributed by atoms with Crippen molar-refractivity contribution in [3.63, 3.8) is 0 Å². The Labute approximate surface area is 111 Å². The van der Waals surface area contributed by atoms with Gasteiger partial charge < -0.3 is 4.90 Å². The molecule has 2 nitrogen and oxygen atoms in total. The number of halogens is 1. The van der Waals surface area contributed by atoms with Crippen LogP contribution in [-0.4, -0.2) is 22.9 Å². The number of amides is 1. The molecule has 0 radical (unpaired) electrons. The molecule has 92 valence electrons. The van der Waals surface area contributed by atoms with Gasteiger partial charge in [0.25, 0.3) is 5.91 Å². The molecule has 0 bridgehead atoms. The lowest BCUT2D eigenvalue weighted by atomic mass is 10.0. The molecule has 1 aromatic carbocycles. The van der Waals surface area contributed by atoms with Crippen molar-refractivity contribution in [1.82, 2.24) is 4.90 Å². The van der Waals surface area contributed by atoms with E-state index in [0.29, 0.717) is 0 Å². The second-order valence-corrected chi connectivity index (χ2v) is 6.19. The molecular weight excluding hydrogens is 278 g/mol. The van der Waals surface area contributed by atoms with Crippen LogP contribution in [-0.2, 0) is 0 Å². The maximum Gasteiger partial charge on any atom is 0.254 e. The monoisotopic (exact) mass is 295 g/mol. The molecule has 1 amide bonds. The Kier molecular flexibility index (Phi) is 3.30. The highest BCUT2D eigenvalue weighted by Gasteiger charge is 2.35. The minimum atomic E-state index is -0.00551. The fourth-order valence-electron chi connectivity index (χ4n) is 2.37. The molecule has 2 rings (SSSR count). The van der Waals surface area contributed by atoms with E-state index >= 15 is 0 Å². The van der Waals surface area contributed by atoms with E-state index in [1.165, 1.54) is 0 Å². The summed E-state index contributed by atoms with van der Waals surface area (Å²) < 4.78 is 1.00. The lowest BCUT2D eigenvalue weighted by Gasteiger charge is -2.31. The lowest BCUT2D eigenvalue weighted by molar-refractivity contribution is 0.0652. The van der Waals surface area contributed by atoms with Gasteiger partial charge in [-0.05, 0) is 51.3 Å². The van der Waals surface area contributed by atoms with Crippen LogP contribution >= 0.6 is 15.9 Å². The first-order chi connectivity index (χ1) is 7.92. The lowest BCUT2D eigenvalue weighted by Crippen LogP contribution is -2.42. The van der Waals surface area contributed by atoms with Gasteiger partial charge >= 0.3 is 0 Å². The fraction of sp³-hybridized carbons (Fsp3) is 0.500. The van der Waals surface area contributed by atoms with Crippen molar-refractivity contribution in [2.45, 2.75) is 39.2 Å². The molecule has 0 aliphatic carbocycles. The third-order valence-corrected chi connectivity index (χ3v) is 4.42. The summed E-state index contributed by atoms with van der Waals surface area (Å²) in [7, 11) is 0. The highest BCUT2D eigenvalue weighted by Crippen LogP contribution is 2.30. The maximum absolute atomic E-state index is 12.4. The highest BCUT2D eigenvalue weighted by atomic mass is 79.9. The number of likely N-dealkylation sites (tertiary alicyclic amines) is 1. The van der Waals surface area contributed by atoms with Crippen molar-refractivity contribution in [1.29, 1.82) is 0 Å². The molecule has 0 atom stereocenters. The van der Waals surface area contributed by atoms with Gasteiger partial charge in [0, 0.05) is 22.1 Å². The highest BCUT2D eigenvalue weighted by molar-refractivity contribution is 9.10. The van der Waals surface area contributed by atoms with E-state index in [9.17, 15) is 4.79 Å². The molecule has 1 aromatic rings. The third-order valence-electron chi connectivity index (χ3n) is 3.56. The Bertz CT molecular complexity index is 454. The van der Waals surface area contributed by atoms with E-state index < -0.39 is 0 Å². The summed E-state index contributed by atoms with van der Waals surface area (Å²) in [6.45, 7) is 7.18. The van der Waals surface area contributed by atoms with Gasteiger partial charge in [-0.15, -0.1) is 0 Å². The minimum absolute atomic E-state index is 0.00551. The minimum Gasteiger partial charge on any atom is -0.334 e. The van der Waals surface area contributed by atoms with Gasteiger partial charge in [0.15, 0.2) is 0 Å². The van der Waals surface area contributed by atoms with Gasteiger partial charge in [-0.1, -0.05) is 22.0 Å². The number of rotatable bonds is 1. The molecule has 3 heteroatoms. The summed E-state index contributed by atoms with van der Waals surface area (Å²) in [6.07, 6.45) is 2.19. The van der Waals surface area contributed by atoms with Gasteiger partial charge in [0.2, 0.25) is 0 Å². The van der Waals surface area contributed by atoms with Gasteiger partial charge in [-0.25, -0.2) is 0 Å². The van der Waals surface area contributed by atoms with E-state index in [4.69, 9.17) is 0 Å². The third kappa shape index (κ3) is 2.39. The van der Waals surface area contributed by atoms with Crippen LogP contribution in [0, 0.1) is 6.92 Å². The van der Waals surface area contributed by atoms with Crippen LogP contribution in [0.5, 0.6) is 0 Å². The molecule has 17 heavy (non-hydrogen) atoms. The second-order valence-electron chi connectivity index (χ2n) is 5.34. The molecule has 0 saturated carbocycles. The van der Waals surface area contributed by atoms with Crippen LogP contribution in [0.25, 0.3) is 0 Å². The maximum atomic E-state index is 12.4. The average Bonchev–Trinajstić information content (AvgIpc) is 2.61. The van der Waals surface area contributed by atoms with Crippen molar-refractivity contribution < 1.29 is 4.79 Å². The number of nitrogens with zero attached hydrogens (tertiary/aromatic N) is 1. The Morgan fingerprint density at radius 1 is 1.41 bits per heavy atom. The smallest absolute Gasteiger partial charge is 0.254 e. The Balaban J connectivity index is 2.28. The zero-order chi connectivity index (χ0) is 12.6. The van der Waals surface area contributed by atoms with Crippen LogP contribution in [0.3, 0.4) is 0 Å². The number of carbonyl (C=O) groups excluding carboxylic acids is 1. The first-order valence-corrected chi connectivity index (χ1v) is 6.79. The molecule has 0 unspecified atom stereocenters. The average molecular weight is 296 g/mol. The zero-order valence-electron chi connectivity index (χ0n) is 10.6. The fourth-order valence-corrected chi connectivity index (χ4v) is 2.74. The van der Waals surface area contributed by atoms with Crippen molar-refractivity contribution in [2.24, 2.45) is 0 Å². The molecule has 0 N–H and O–H groups in total. The number of hydrogen-bond acceptors (Lipinski definition) is 1. The largest absolute Gasteiger partial charge is 0.334 e. The molecule has 0 spiro atoms. The predicted molar refractivity (Wildman–Crippen MR) is 73.2 cm³/mol. The predicted octanol–water partition coefficient (Wildman–Crippen LogP) is 3.77. The molecule has 1 heterocycles. The van der Waals surface area contributed by atoms with Gasteiger partial charge in [-0.2, -0.15) is 0 Å². The molecule has 1 fully saturated rings. The van der Waals surface area contributed by atoms with Gasteiger partial charge in [-0.3, -0.25) is 4.79 Å². The molecule has 0 aromatic heterocycles. The SMILES string of the molecule is Cc1ccc(C(=O)N2CCCC2(C)C)cc1Br. The number of benzene rings is 1. The summed E-state index contributed by atoms with van der Waals surface area (Å²) in [5.74, 6) is 0.146. The van der Waals surface area contributed by atoms with Crippen LogP contribution in [0.4, 0.5) is 0 Å². The van der Waals surface area contributed by atoms with Crippen LogP contribution in [0.2, 0.25) is 0 Å². The first-order valence-electron chi connectivity index (χ1n) is 6.00. The quantitative estimate of drug-likeness (QED) is 0.772. The standard InChI is InChI=1S/C14H18BrNO/c1-10-5-6-11(9-12(10)15)13(17)16-8-4-7-14(16,2)3/h5-6,9H,4,7-8H2,1-3H3. The molecule has 1 aliphatic rings. The summed E-state index contributed by atoms with van der Waals surface area (Å²) in [5.41, 5.74) is 1.92. The first kappa shape index (κ1) is 12.6. The van der Waals surface area contributed by atoms with Crippen LogP contribution < -0.4 is 0 Å². The van der Waals surface area contributed by atoms with E-state index in [-0.39, 0.29) is 11.4 Å². The van der Waals surface area contributed by atoms with Crippen molar-refractivity contribution >= 4 is 21.8 Å². The Morgan fingerprint density at radius 2 is 2.12 bits per heavy atom. The van der Waals surface area contributed by atoms with Crippen molar-refractivity contribution in [3.05, 3.63) is 33.8 Å². The normalized spacial score (nSPS) is 18.5. The van der Waals surface area contributed by atoms with E-state index in [1.54, 1.807) is 0 Å². The molecule has 1 saturated heterocycles. The van der Waals surface area contributed by atoms with Crippen molar-refractivity contribution in [3.8, 4) is 0 Å². The van der Waals surface area contributed by atoms with Crippen molar-refractivity contribution in [2.75, 3.05) is 6.54 Å². The second kappa shape index (κ2) is 4.45. The number of hydrogen-bond donors (Lipinski definition) is 0. The van der Waals surface area contributed by atoms with E-state index in [0.717, 1.165) is 35.0 Å². The number of aryl methyl sites for hydroxylation is 1.